The standard InChI is InChI=1S/C18H15S.2C7H5F3O3S.C6H6S/c1-4-10-16(11-5-1)19(17-12-6-2-7-13-17)18-14-8-3-9-15-18;2*8-7(9,10)5-1-3-6(4-2-5)14(11,12)13;7-6-4-2-1-3-5-6/h1-15H;2*1-4H,(H,11,12,13);1-5,7H/q+1;;;/p-1. The van der Waals surface area contributed by atoms with Crippen molar-refractivity contribution in [3.63, 3.8) is 0 Å². The molecule has 0 aliphatic rings. The molecule has 6 aromatic carbocycles. The predicted octanol–water partition coefficient (Wildman–Crippen LogP) is 9.06. The maximum atomic E-state index is 12.0. The van der Waals surface area contributed by atoms with Gasteiger partial charge in [0.15, 0.2) is 14.7 Å². The number of hydrogen-bond donors (Lipinski definition) is 0. The molecule has 0 aliphatic carbocycles. The third-order valence-corrected chi connectivity index (χ3v) is 10.9. The zero-order valence-corrected chi connectivity index (χ0v) is 31.1. The molecule has 0 atom stereocenters. The molecule has 6 nitrogen and oxygen atoms in total. The van der Waals surface area contributed by atoms with Gasteiger partial charge in [-0.2, -0.15) is 26.3 Å². The van der Waals surface area contributed by atoms with Crippen molar-refractivity contribution in [1.82, 2.24) is 0 Å². The molecule has 0 unspecified atom stereocenters. The smallest absolute Gasteiger partial charge is 0.416 e. The molecule has 0 aliphatic heterocycles. The van der Waals surface area contributed by atoms with Crippen molar-refractivity contribution in [3.05, 3.63) is 181 Å². The Morgan fingerprint density at radius 3 is 0.833 bits per heavy atom. The van der Waals surface area contributed by atoms with E-state index in [0.29, 0.717) is 48.5 Å². The maximum Gasteiger partial charge on any atom is 0.416 e. The van der Waals surface area contributed by atoms with Crippen LogP contribution in [0, 0.1) is 0 Å². The van der Waals surface area contributed by atoms with Crippen LogP contribution in [0.2, 0.25) is 0 Å². The van der Waals surface area contributed by atoms with E-state index < -0.39 is 53.5 Å². The second kappa shape index (κ2) is 19.7. The van der Waals surface area contributed by atoms with Crippen LogP contribution in [0.1, 0.15) is 11.1 Å². The van der Waals surface area contributed by atoms with E-state index in [-0.39, 0.29) is 10.9 Å². The van der Waals surface area contributed by atoms with Crippen molar-refractivity contribution >= 4 is 43.8 Å². The summed E-state index contributed by atoms with van der Waals surface area (Å²) in [6.45, 7) is 0. The van der Waals surface area contributed by atoms with Gasteiger partial charge < -0.3 is 9.11 Å². The number of alkyl halides is 6. The lowest BCUT2D eigenvalue weighted by Gasteiger charge is -2.09. The molecule has 16 heteroatoms. The van der Waals surface area contributed by atoms with Crippen molar-refractivity contribution in [2.75, 3.05) is 0 Å². The molecule has 0 radical (unpaired) electrons. The molecule has 0 fully saturated rings. The van der Waals surface area contributed by atoms with Crippen molar-refractivity contribution in [1.29, 1.82) is 0 Å². The molecule has 0 saturated carbocycles. The fourth-order valence-corrected chi connectivity index (χ4v) is 7.37. The Morgan fingerprint density at radius 2 is 0.648 bits per heavy atom. The summed E-state index contributed by atoms with van der Waals surface area (Å²) in [5.74, 6) is 0. The van der Waals surface area contributed by atoms with Crippen molar-refractivity contribution < 1.29 is 52.3 Å². The Morgan fingerprint density at radius 1 is 0.407 bits per heavy atom. The quantitative estimate of drug-likeness (QED) is 0.0974. The summed E-state index contributed by atoms with van der Waals surface area (Å²) in [7, 11) is -9.38. The van der Waals surface area contributed by atoms with Gasteiger partial charge in [-0.25, -0.2) is 16.8 Å². The molecule has 0 bridgehead atoms. The fraction of sp³-hybridized carbons (Fsp3) is 0.0526. The van der Waals surface area contributed by atoms with Crippen molar-refractivity contribution in [2.45, 2.75) is 41.7 Å². The number of hydrogen-bond acceptors (Lipinski definition) is 6. The first-order chi connectivity index (χ1) is 25.3. The summed E-state index contributed by atoms with van der Waals surface area (Å²) in [5, 5.41) is 0. The zero-order chi connectivity index (χ0) is 40.0. The lowest BCUT2D eigenvalue weighted by molar-refractivity contribution is -0.138. The molecule has 284 valence electrons. The van der Waals surface area contributed by atoms with Gasteiger partial charge in [-0.05, 0) is 110 Å². The first-order valence-electron chi connectivity index (χ1n) is 15.2. The molecular weight excluding hydrogens is 795 g/mol. The van der Waals surface area contributed by atoms with Gasteiger partial charge in [0.25, 0.3) is 0 Å². The van der Waals surface area contributed by atoms with Crippen LogP contribution >= 0.6 is 0 Å². The van der Waals surface area contributed by atoms with Crippen LogP contribution in [0.5, 0.6) is 0 Å². The lowest BCUT2D eigenvalue weighted by atomic mass is 10.2. The topological polar surface area (TPSA) is 114 Å². The Kier molecular flexibility index (Phi) is 16.0. The minimum Gasteiger partial charge on any atom is -0.744 e. The van der Waals surface area contributed by atoms with E-state index in [0.717, 1.165) is 4.90 Å². The van der Waals surface area contributed by atoms with Crippen LogP contribution < -0.4 is 0 Å². The summed E-state index contributed by atoms with van der Waals surface area (Å²) >= 11 is 3.36. The Balaban J connectivity index is 0.000000203. The average Bonchev–Trinajstić information content (AvgIpc) is 3.13. The summed E-state index contributed by atoms with van der Waals surface area (Å²) in [6.07, 6.45) is -9.07. The highest BCUT2D eigenvalue weighted by Gasteiger charge is 2.31. The predicted molar refractivity (Wildman–Crippen MR) is 195 cm³/mol. The van der Waals surface area contributed by atoms with E-state index in [2.05, 4.69) is 104 Å². The van der Waals surface area contributed by atoms with Gasteiger partial charge in [-0.15, -0.1) is 0 Å². The third-order valence-electron chi connectivity index (χ3n) is 6.65. The SMILES string of the molecule is O=S(=O)([O-])c1ccc(C(F)(F)F)cc1.O=S(=O)([O-])c1ccc(C(F)(F)F)cc1.[SH2+]c1ccccc1.c1ccc([S+](c2ccccc2)c2ccccc2)cc1. The Bertz CT molecular complexity index is 2050. The number of benzene rings is 6. The minimum absolute atomic E-state index is 0.0146. The molecular formula is C38H30F6O6S4. The van der Waals surface area contributed by atoms with Gasteiger partial charge in [0, 0.05) is 0 Å². The van der Waals surface area contributed by atoms with E-state index >= 15 is 0 Å². The van der Waals surface area contributed by atoms with E-state index in [9.17, 15) is 52.3 Å². The summed E-state index contributed by atoms with van der Waals surface area (Å²) < 4.78 is 134. The van der Waals surface area contributed by atoms with Gasteiger partial charge in [0.1, 0.15) is 25.1 Å². The Hall–Kier alpha value is -4.58. The maximum absolute atomic E-state index is 12.0. The van der Waals surface area contributed by atoms with E-state index in [1.54, 1.807) is 0 Å². The Labute approximate surface area is 317 Å². The highest BCUT2D eigenvalue weighted by molar-refractivity contribution is 7.97. The highest BCUT2D eigenvalue weighted by atomic mass is 32.2. The van der Waals surface area contributed by atoms with Gasteiger partial charge in [-0.3, -0.25) is 0 Å². The fourth-order valence-electron chi connectivity index (χ4n) is 4.14. The molecule has 6 rings (SSSR count). The average molecular weight is 825 g/mol. The first-order valence-corrected chi connectivity index (χ1v) is 19.7. The minimum atomic E-state index is -4.68. The van der Waals surface area contributed by atoms with Crippen LogP contribution in [-0.4, -0.2) is 25.9 Å². The third kappa shape index (κ3) is 14.7. The first kappa shape index (κ1) is 43.8. The monoisotopic (exact) mass is 824 g/mol. The molecule has 6 aromatic rings. The van der Waals surface area contributed by atoms with E-state index in [1.807, 2.05) is 30.3 Å². The highest BCUT2D eigenvalue weighted by Crippen LogP contribution is 2.32. The van der Waals surface area contributed by atoms with Gasteiger partial charge in [-0.1, -0.05) is 72.8 Å². The molecule has 0 saturated heterocycles. The van der Waals surface area contributed by atoms with Crippen molar-refractivity contribution in [2.24, 2.45) is 0 Å². The van der Waals surface area contributed by atoms with Crippen LogP contribution in [0.3, 0.4) is 0 Å². The van der Waals surface area contributed by atoms with Crippen LogP contribution in [0.4, 0.5) is 26.3 Å². The molecule has 0 heterocycles. The molecule has 54 heavy (non-hydrogen) atoms. The number of halogens is 6. The summed E-state index contributed by atoms with van der Waals surface area (Å²) in [6, 6.07) is 46.8. The number of rotatable bonds is 5. The van der Waals surface area contributed by atoms with E-state index in [1.165, 1.54) is 14.7 Å². The van der Waals surface area contributed by atoms with Crippen LogP contribution in [0.15, 0.2) is 199 Å². The van der Waals surface area contributed by atoms with Crippen molar-refractivity contribution in [3.8, 4) is 0 Å². The second-order valence-corrected chi connectivity index (χ2v) is 15.9. The zero-order valence-electron chi connectivity index (χ0n) is 27.6. The summed E-state index contributed by atoms with van der Waals surface area (Å²) in [5.41, 5.74) is -1.99. The van der Waals surface area contributed by atoms with Gasteiger partial charge >= 0.3 is 12.4 Å². The second-order valence-electron chi connectivity index (χ2n) is 10.6. The van der Waals surface area contributed by atoms with Gasteiger partial charge in [0.05, 0.1) is 31.8 Å². The normalized spacial score (nSPS) is 11.5. The summed E-state index contributed by atoms with van der Waals surface area (Å²) in [4.78, 5) is 3.86. The van der Waals surface area contributed by atoms with Crippen LogP contribution in [0.25, 0.3) is 0 Å². The molecule has 0 N–H and O–H groups in total. The largest absolute Gasteiger partial charge is 0.744 e. The van der Waals surface area contributed by atoms with Gasteiger partial charge in [0.2, 0.25) is 0 Å². The lowest BCUT2D eigenvalue weighted by Crippen LogP contribution is -2.05. The molecule has 0 aromatic heterocycles. The van der Waals surface area contributed by atoms with Crippen LogP contribution in [-0.2, 0) is 56.1 Å². The van der Waals surface area contributed by atoms with E-state index in [4.69, 9.17) is 0 Å². The molecule has 0 spiro atoms. The molecule has 0 amide bonds.